The third-order valence-electron chi connectivity index (χ3n) is 14.1. The molecule has 0 saturated carbocycles. The van der Waals surface area contributed by atoms with Crippen molar-refractivity contribution in [3.63, 3.8) is 0 Å². The fourth-order valence-electron chi connectivity index (χ4n) is 9.63. The fourth-order valence-corrected chi connectivity index (χ4v) is 9.63. The van der Waals surface area contributed by atoms with Crippen LogP contribution in [0.5, 0.6) is 5.75 Å². The van der Waals surface area contributed by atoms with E-state index in [9.17, 15) is 84.3 Å². The maximum atomic E-state index is 14.3. The van der Waals surface area contributed by atoms with Crippen LogP contribution in [0.2, 0.25) is 0 Å². The Hall–Kier alpha value is -5.54. The molecule has 1 aromatic carbocycles. The highest BCUT2D eigenvalue weighted by atomic mass is 16.3. The Morgan fingerprint density at radius 2 is 1.39 bits per heavy atom. The van der Waals surface area contributed by atoms with Crippen LogP contribution < -0.4 is 32.3 Å². The average Bonchev–Trinajstić information content (AvgIpc) is 3.95. The molecule has 15 atom stereocenters. The lowest BCUT2D eigenvalue weighted by Crippen LogP contribution is -2.64. The van der Waals surface area contributed by atoms with E-state index in [1.165, 1.54) is 6.42 Å². The number of aliphatic hydroxyl groups is 8. The van der Waals surface area contributed by atoms with Gasteiger partial charge in [0.05, 0.1) is 31.3 Å². The highest BCUT2D eigenvalue weighted by molar-refractivity contribution is 5.98. The van der Waals surface area contributed by atoms with Gasteiger partial charge in [-0.05, 0) is 48.8 Å². The summed E-state index contributed by atoms with van der Waals surface area (Å²) < 4.78 is 0. The molecule has 1 aromatic rings. The van der Waals surface area contributed by atoms with Crippen LogP contribution in [-0.2, 0) is 38.4 Å². The van der Waals surface area contributed by atoms with E-state index < -0.39 is 165 Å². The molecule has 74 heavy (non-hydrogen) atoms. The van der Waals surface area contributed by atoms with Crippen molar-refractivity contribution in [1.82, 2.24) is 36.4 Å². The molecular weight excluding hydrogens is 973 g/mol. The van der Waals surface area contributed by atoms with Crippen molar-refractivity contribution in [1.29, 1.82) is 0 Å². The predicted molar refractivity (Wildman–Crippen MR) is 261 cm³/mol. The van der Waals surface area contributed by atoms with E-state index in [1.807, 2.05) is 5.32 Å². The van der Waals surface area contributed by atoms with Gasteiger partial charge in [-0.25, -0.2) is 0 Å². The molecule has 0 radical (unpaired) electrons. The Balaban J connectivity index is 1.67. The molecule has 3 saturated heterocycles. The van der Waals surface area contributed by atoms with Crippen LogP contribution in [0.1, 0.15) is 122 Å². The summed E-state index contributed by atoms with van der Waals surface area (Å²) in [5.74, 6) is -8.57. The number of phenols is 1. The number of unbranched alkanes of at least 4 members (excludes halogenated alkanes) is 5. The minimum atomic E-state index is -2.36. The number of nitrogens with zero attached hydrogens (tertiary/aromatic N) is 2. The SMILES string of the molecule is CC[C@H](C)C[C@H](C)CCCCCCCCC(=O)N[C@H]1C[C@@H](O)[C@@H](O)NC(=O)[C@@H]2[C@@H](O)CCN2C(=O)C([C@H](O)CC(N)=O)NC(=O)[C@H]([C@H](O)[C@@H](O)c2ccc(O)cc2)NC(=O)[C@@H]2C[C@@H](O)CN2C(=O)[C@H](CO)NC1=O. The number of hydrogen-bond acceptors (Lipinski definition) is 17. The first-order valence-corrected chi connectivity index (χ1v) is 25.5. The van der Waals surface area contributed by atoms with Crippen LogP contribution >= 0.6 is 0 Å². The summed E-state index contributed by atoms with van der Waals surface area (Å²) in [6, 6.07) is -7.31. The van der Waals surface area contributed by atoms with E-state index in [1.54, 1.807) is 0 Å². The number of carbonyl (C=O) groups excluding carboxylic acids is 8. The minimum Gasteiger partial charge on any atom is -0.508 e. The summed E-state index contributed by atoms with van der Waals surface area (Å²) in [5, 5.41) is 110. The Kier molecular flexibility index (Phi) is 23.9. The smallest absolute Gasteiger partial charge is 0.248 e. The zero-order valence-corrected chi connectivity index (χ0v) is 42.3. The lowest BCUT2D eigenvalue weighted by Gasteiger charge is -2.34. The third-order valence-corrected chi connectivity index (χ3v) is 14.1. The predicted octanol–water partition coefficient (Wildman–Crippen LogP) is -3.73. The van der Waals surface area contributed by atoms with Gasteiger partial charge < -0.3 is 88.1 Å². The molecule has 16 N–H and O–H groups in total. The topological polar surface area (TPSA) is 411 Å². The van der Waals surface area contributed by atoms with Crippen molar-refractivity contribution in [3.05, 3.63) is 29.8 Å². The second-order valence-electron chi connectivity index (χ2n) is 20.1. The average molecular weight is 1050 g/mol. The lowest BCUT2D eigenvalue weighted by atomic mass is 9.91. The Morgan fingerprint density at radius 1 is 0.757 bits per heavy atom. The minimum absolute atomic E-state index is 0.0759. The van der Waals surface area contributed by atoms with E-state index in [4.69, 9.17) is 5.73 Å². The Labute approximate surface area is 429 Å². The number of hydrogen-bond donors (Lipinski definition) is 15. The molecule has 416 valence electrons. The highest BCUT2D eigenvalue weighted by Crippen LogP contribution is 2.26. The quantitative estimate of drug-likeness (QED) is 0.0558. The molecule has 3 fully saturated rings. The monoisotopic (exact) mass is 1050 g/mol. The van der Waals surface area contributed by atoms with Crippen molar-refractivity contribution in [3.8, 4) is 5.75 Å². The van der Waals surface area contributed by atoms with Gasteiger partial charge in [0.15, 0.2) is 6.23 Å². The number of benzene rings is 1. The zero-order chi connectivity index (χ0) is 55.0. The van der Waals surface area contributed by atoms with Gasteiger partial charge in [-0.1, -0.05) is 77.8 Å². The molecule has 0 aliphatic carbocycles. The first-order valence-electron chi connectivity index (χ1n) is 25.5. The van der Waals surface area contributed by atoms with E-state index >= 15 is 0 Å². The number of rotatable bonds is 20. The summed E-state index contributed by atoms with van der Waals surface area (Å²) in [5.41, 5.74) is 5.20. The van der Waals surface area contributed by atoms with Crippen molar-refractivity contribution in [2.45, 2.75) is 190 Å². The molecule has 3 heterocycles. The van der Waals surface area contributed by atoms with Gasteiger partial charge in [-0.15, -0.1) is 0 Å². The largest absolute Gasteiger partial charge is 0.508 e. The van der Waals surface area contributed by atoms with Crippen molar-refractivity contribution in [2.75, 3.05) is 19.7 Å². The molecule has 3 aliphatic rings. The van der Waals surface area contributed by atoms with Crippen LogP contribution in [0.15, 0.2) is 24.3 Å². The van der Waals surface area contributed by atoms with Crippen LogP contribution in [0.4, 0.5) is 0 Å². The van der Waals surface area contributed by atoms with Crippen molar-refractivity contribution >= 4 is 47.3 Å². The number of amides is 8. The first-order chi connectivity index (χ1) is 35.0. The summed E-state index contributed by atoms with van der Waals surface area (Å²) in [6.07, 6.45) is -8.34. The molecule has 3 aliphatic heterocycles. The summed E-state index contributed by atoms with van der Waals surface area (Å²) in [7, 11) is 0. The number of carbonyl (C=O) groups is 8. The van der Waals surface area contributed by atoms with Gasteiger partial charge >= 0.3 is 0 Å². The molecule has 25 nitrogen and oxygen atoms in total. The molecular formula is C49H78N8O17. The lowest BCUT2D eigenvalue weighted by molar-refractivity contribution is -0.149. The number of aromatic hydroxyl groups is 1. The number of aliphatic hydroxyl groups excluding tert-OH is 8. The van der Waals surface area contributed by atoms with Gasteiger partial charge in [0.25, 0.3) is 0 Å². The van der Waals surface area contributed by atoms with Gasteiger partial charge in [-0.3, -0.25) is 38.4 Å². The summed E-state index contributed by atoms with van der Waals surface area (Å²) in [6.45, 7) is 4.53. The fraction of sp³-hybridized carbons (Fsp3) is 0.714. The van der Waals surface area contributed by atoms with Gasteiger partial charge in [0.2, 0.25) is 47.3 Å². The van der Waals surface area contributed by atoms with E-state index in [0.717, 1.165) is 67.7 Å². The molecule has 1 unspecified atom stereocenters. The maximum absolute atomic E-state index is 14.3. The van der Waals surface area contributed by atoms with Crippen LogP contribution in [0, 0.1) is 11.8 Å². The summed E-state index contributed by atoms with van der Waals surface area (Å²) in [4.78, 5) is 112. The first kappa shape index (κ1) is 61.0. The van der Waals surface area contributed by atoms with Crippen LogP contribution in [0.25, 0.3) is 0 Å². The van der Waals surface area contributed by atoms with Gasteiger partial charge in [-0.2, -0.15) is 0 Å². The third kappa shape index (κ3) is 17.3. The standard InChI is InChI=1S/C49H78N8O17/c1-4-25(2)19-26(3)11-9-7-5-6-8-10-12-37(65)51-30-21-35(63)45(70)55-47(72)40-33(61)17-18-56(40)49(74)38(34(62)22-36(50)64)53-46(71)39(42(67)41(66)27-13-15-28(59)16-14-27)54-44(69)32-20-29(60)23-57(32)48(73)31(24-58)52-43(30)68/h13-16,25-26,29-35,38-42,45,58-63,66-67,70H,4-12,17-24H2,1-3H3,(H2,50,64)(H,51,65)(H,52,68)(H,53,71)(H,54,69)(H,55,72)/t25-,26+,29+,30-,31-,32-,33-,34+,35+,38?,39-,40-,41-,42-,45+/m0/s1. The molecule has 8 amide bonds. The Bertz CT molecular complexity index is 2070. The molecule has 0 spiro atoms. The molecule has 0 aromatic heterocycles. The number of primary amides is 1. The van der Waals surface area contributed by atoms with E-state index in [-0.39, 0.29) is 24.2 Å². The highest BCUT2D eigenvalue weighted by Gasteiger charge is 2.48. The van der Waals surface area contributed by atoms with Crippen molar-refractivity contribution < 1.29 is 84.3 Å². The normalized spacial score (nSPS) is 28.8. The van der Waals surface area contributed by atoms with Gasteiger partial charge in [0.1, 0.15) is 60.3 Å². The number of nitrogens with one attached hydrogen (secondary N) is 5. The number of phenolic OH excluding ortho intramolecular Hbond substituents is 1. The van der Waals surface area contributed by atoms with Crippen LogP contribution in [0.3, 0.4) is 0 Å². The maximum Gasteiger partial charge on any atom is 0.248 e. The molecule has 25 heteroatoms. The van der Waals surface area contributed by atoms with Crippen LogP contribution in [-0.4, -0.2) is 196 Å². The van der Waals surface area contributed by atoms with Gasteiger partial charge in [0, 0.05) is 32.4 Å². The zero-order valence-electron chi connectivity index (χ0n) is 42.3. The number of nitrogens with two attached hydrogens (primary N) is 1. The molecule has 0 bridgehead atoms. The number of fused-ring (bicyclic) bond motifs is 2. The second-order valence-corrected chi connectivity index (χ2v) is 20.1. The summed E-state index contributed by atoms with van der Waals surface area (Å²) >= 11 is 0. The van der Waals surface area contributed by atoms with E-state index in [2.05, 4.69) is 42.0 Å². The van der Waals surface area contributed by atoms with Crippen molar-refractivity contribution in [2.24, 2.45) is 17.6 Å². The molecule has 4 rings (SSSR count). The second kappa shape index (κ2) is 28.9. The van der Waals surface area contributed by atoms with E-state index in [0.29, 0.717) is 29.6 Å². The Morgan fingerprint density at radius 3 is 2.03 bits per heavy atom.